The molecule has 1 aromatic heterocycles. The number of anilines is 1. The van der Waals surface area contributed by atoms with E-state index in [1.807, 2.05) is 0 Å². The molecule has 0 fully saturated rings. The van der Waals surface area contributed by atoms with Crippen molar-refractivity contribution in [2.45, 2.75) is 18.4 Å². The van der Waals surface area contributed by atoms with Crippen LogP contribution in [0.2, 0.25) is 0 Å². The Balaban J connectivity index is 2.27. The van der Waals surface area contributed by atoms with Crippen LogP contribution in [0.4, 0.5) is 5.69 Å². The Morgan fingerprint density at radius 2 is 1.90 bits per heavy atom. The number of nitrogens with two attached hydrogens (primary N) is 1. The smallest absolute Gasteiger partial charge is 0.250 e. The van der Waals surface area contributed by atoms with Crippen LogP contribution in [-0.2, 0) is 16.4 Å². The molecule has 2 aromatic rings. The van der Waals surface area contributed by atoms with Crippen LogP contribution >= 0.6 is 0 Å². The largest absolute Gasteiger partial charge is 0.398 e. The number of sulfone groups is 1. The highest BCUT2D eigenvalue weighted by Crippen LogP contribution is 2.21. The fourth-order valence-corrected chi connectivity index (χ4v) is 3.47. The van der Waals surface area contributed by atoms with E-state index in [1.165, 1.54) is 16.7 Å². The number of nitrogens with zero attached hydrogens (tertiary/aromatic N) is 1. The maximum atomic E-state index is 12.3. The zero-order valence-corrected chi connectivity index (χ0v) is 11.9. The van der Waals surface area contributed by atoms with Crippen LogP contribution in [0.25, 0.3) is 0 Å². The Morgan fingerprint density at radius 1 is 1.15 bits per heavy atom. The Hall–Kier alpha value is -2.08. The topological polar surface area (TPSA) is 82.2 Å². The summed E-state index contributed by atoms with van der Waals surface area (Å²) in [6, 6.07) is 9.53. The van der Waals surface area contributed by atoms with Crippen molar-refractivity contribution in [1.82, 2.24) is 4.57 Å². The van der Waals surface area contributed by atoms with E-state index in [0.717, 1.165) is 0 Å². The molecule has 1 heterocycles. The van der Waals surface area contributed by atoms with Gasteiger partial charge >= 0.3 is 0 Å². The standard InChI is InChI=1S/C14H16N2O3S/c1-11-12(15)5-4-6-13(11)20(18,19)10-9-16-8-3-2-7-14(16)17/h2-8H,9-10,15H2,1H3. The highest BCUT2D eigenvalue weighted by Gasteiger charge is 2.18. The molecular weight excluding hydrogens is 276 g/mol. The number of hydrogen-bond acceptors (Lipinski definition) is 4. The highest BCUT2D eigenvalue weighted by molar-refractivity contribution is 7.91. The highest BCUT2D eigenvalue weighted by atomic mass is 32.2. The summed E-state index contributed by atoms with van der Waals surface area (Å²) in [5.74, 6) is -0.138. The number of rotatable bonds is 4. The van der Waals surface area contributed by atoms with Crippen molar-refractivity contribution in [3.63, 3.8) is 0 Å². The molecule has 20 heavy (non-hydrogen) atoms. The van der Waals surface area contributed by atoms with Crippen LogP contribution in [0.15, 0.2) is 52.3 Å². The fourth-order valence-electron chi connectivity index (χ4n) is 1.94. The molecule has 0 aliphatic carbocycles. The second kappa shape index (κ2) is 5.50. The van der Waals surface area contributed by atoms with E-state index >= 15 is 0 Å². The summed E-state index contributed by atoms with van der Waals surface area (Å²) in [4.78, 5) is 11.8. The van der Waals surface area contributed by atoms with Crippen LogP contribution < -0.4 is 11.3 Å². The van der Waals surface area contributed by atoms with Gasteiger partial charge in [0, 0.05) is 24.5 Å². The molecule has 2 rings (SSSR count). The number of benzene rings is 1. The third-order valence-electron chi connectivity index (χ3n) is 3.16. The van der Waals surface area contributed by atoms with Crippen molar-refractivity contribution in [3.05, 3.63) is 58.5 Å². The molecule has 6 heteroatoms. The first kappa shape index (κ1) is 14.3. The van der Waals surface area contributed by atoms with Gasteiger partial charge in [0.15, 0.2) is 9.84 Å². The minimum Gasteiger partial charge on any atom is -0.398 e. The molecule has 0 saturated carbocycles. The average molecular weight is 292 g/mol. The molecule has 0 aliphatic heterocycles. The van der Waals surface area contributed by atoms with Crippen LogP contribution in [0.1, 0.15) is 5.56 Å². The number of aromatic nitrogens is 1. The summed E-state index contributed by atoms with van der Waals surface area (Å²) in [5, 5.41) is 0. The van der Waals surface area contributed by atoms with Gasteiger partial charge in [0.1, 0.15) is 0 Å². The maximum absolute atomic E-state index is 12.3. The number of aryl methyl sites for hydroxylation is 1. The molecular formula is C14H16N2O3S. The quantitative estimate of drug-likeness (QED) is 0.859. The maximum Gasteiger partial charge on any atom is 0.250 e. The van der Waals surface area contributed by atoms with E-state index < -0.39 is 9.84 Å². The van der Waals surface area contributed by atoms with Crippen molar-refractivity contribution in [2.24, 2.45) is 0 Å². The lowest BCUT2D eigenvalue weighted by molar-refractivity contribution is 0.586. The van der Waals surface area contributed by atoms with Crippen molar-refractivity contribution in [3.8, 4) is 0 Å². The van der Waals surface area contributed by atoms with Gasteiger partial charge in [0.05, 0.1) is 10.6 Å². The summed E-state index contributed by atoms with van der Waals surface area (Å²) < 4.78 is 26.0. The third kappa shape index (κ3) is 2.91. The first-order chi connectivity index (χ1) is 9.42. The van der Waals surface area contributed by atoms with Gasteiger partial charge in [-0.15, -0.1) is 0 Å². The summed E-state index contributed by atoms with van der Waals surface area (Å²) in [5.41, 5.74) is 6.51. The fraction of sp³-hybridized carbons (Fsp3) is 0.214. The van der Waals surface area contributed by atoms with Gasteiger partial charge in [0.2, 0.25) is 0 Å². The third-order valence-corrected chi connectivity index (χ3v) is 4.99. The zero-order chi connectivity index (χ0) is 14.8. The average Bonchev–Trinajstić information content (AvgIpc) is 2.41. The van der Waals surface area contributed by atoms with Gasteiger partial charge in [-0.2, -0.15) is 0 Å². The Bertz CT molecular complexity index is 779. The van der Waals surface area contributed by atoms with Gasteiger partial charge in [0.25, 0.3) is 5.56 Å². The van der Waals surface area contributed by atoms with E-state index in [9.17, 15) is 13.2 Å². The molecule has 0 saturated heterocycles. The summed E-state index contributed by atoms with van der Waals surface area (Å²) in [7, 11) is -3.47. The lowest BCUT2D eigenvalue weighted by Gasteiger charge is -2.10. The zero-order valence-electron chi connectivity index (χ0n) is 11.1. The second-order valence-electron chi connectivity index (χ2n) is 4.52. The molecule has 106 valence electrons. The normalized spacial score (nSPS) is 11.4. The molecule has 0 aliphatic rings. The van der Waals surface area contributed by atoms with E-state index in [0.29, 0.717) is 11.3 Å². The molecule has 1 aromatic carbocycles. The molecule has 2 N–H and O–H groups in total. The molecule has 0 spiro atoms. The van der Waals surface area contributed by atoms with Gasteiger partial charge < -0.3 is 10.3 Å². The predicted molar refractivity (Wildman–Crippen MR) is 78.3 cm³/mol. The summed E-state index contributed by atoms with van der Waals surface area (Å²) >= 11 is 0. The van der Waals surface area contributed by atoms with Crippen molar-refractivity contribution in [2.75, 3.05) is 11.5 Å². The van der Waals surface area contributed by atoms with Gasteiger partial charge in [-0.3, -0.25) is 4.79 Å². The first-order valence-electron chi connectivity index (χ1n) is 6.15. The van der Waals surface area contributed by atoms with Crippen LogP contribution in [-0.4, -0.2) is 18.7 Å². The number of pyridine rings is 1. The molecule has 0 radical (unpaired) electrons. The minimum atomic E-state index is -3.47. The summed E-state index contributed by atoms with van der Waals surface area (Å²) in [6.45, 7) is 1.80. The van der Waals surface area contributed by atoms with E-state index in [2.05, 4.69) is 0 Å². The molecule has 5 nitrogen and oxygen atoms in total. The van der Waals surface area contributed by atoms with Crippen molar-refractivity contribution in [1.29, 1.82) is 0 Å². The second-order valence-corrected chi connectivity index (χ2v) is 6.60. The SMILES string of the molecule is Cc1c(N)cccc1S(=O)(=O)CCn1ccccc1=O. The molecule has 0 bridgehead atoms. The lowest BCUT2D eigenvalue weighted by Crippen LogP contribution is -2.23. The molecule has 0 unspecified atom stereocenters. The molecule has 0 amide bonds. The van der Waals surface area contributed by atoms with E-state index in [1.54, 1.807) is 37.4 Å². The Kier molecular flexibility index (Phi) is 3.94. The predicted octanol–water partition coefficient (Wildman–Crippen LogP) is 1.21. The van der Waals surface area contributed by atoms with Crippen LogP contribution in [0.5, 0.6) is 0 Å². The van der Waals surface area contributed by atoms with Crippen LogP contribution in [0.3, 0.4) is 0 Å². The van der Waals surface area contributed by atoms with Crippen LogP contribution in [0, 0.1) is 6.92 Å². The van der Waals surface area contributed by atoms with Crippen molar-refractivity contribution < 1.29 is 8.42 Å². The number of hydrogen-bond donors (Lipinski definition) is 1. The first-order valence-corrected chi connectivity index (χ1v) is 7.80. The van der Waals surface area contributed by atoms with Gasteiger partial charge in [-0.25, -0.2) is 8.42 Å². The lowest BCUT2D eigenvalue weighted by atomic mass is 10.2. The molecule has 0 atom stereocenters. The van der Waals surface area contributed by atoms with Gasteiger partial charge in [-0.05, 0) is 30.7 Å². The van der Waals surface area contributed by atoms with Gasteiger partial charge in [-0.1, -0.05) is 12.1 Å². The number of nitrogen functional groups attached to an aromatic ring is 1. The Labute approximate surface area is 117 Å². The van der Waals surface area contributed by atoms with E-state index in [4.69, 9.17) is 5.73 Å². The monoisotopic (exact) mass is 292 g/mol. The Morgan fingerprint density at radius 3 is 2.60 bits per heavy atom. The van der Waals surface area contributed by atoms with Crippen molar-refractivity contribution >= 4 is 15.5 Å². The van der Waals surface area contributed by atoms with E-state index in [-0.39, 0.29) is 22.8 Å². The summed E-state index contributed by atoms with van der Waals surface area (Å²) in [6.07, 6.45) is 1.57. The minimum absolute atomic E-state index is 0.121.